The molecule has 4 aliphatic rings. The summed E-state index contributed by atoms with van der Waals surface area (Å²) < 4.78 is 2.88. The molecule has 4 aliphatic carbocycles. The van der Waals surface area contributed by atoms with Crippen LogP contribution in [-0.2, 0) is 5.41 Å². The first-order chi connectivity index (χ1) is 15.8. The van der Waals surface area contributed by atoms with Crippen molar-refractivity contribution in [1.82, 2.24) is 0 Å². The van der Waals surface area contributed by atoms with Crippen molar-refractivity contribution in [3.8, 4) is 11.1 Å². The molecule has 9 rings (SSSR count). The van der Waals surface area contributed by atoms with Gasteiger partial charge in [-0.1, -0.05) is 54.6 Å². The first kappa shape index (κ1) is 16.9. The average Bonchev–Trinajstić information content (AvgIpc) is 3.59. The van der Waals surface area contributed by atoms with Gasteiger partial charge in [0.2, 0.25) is 0 Å². The zero-order valence-corrected chi connectivity index (χ0v) is 18.8. The zero-order valence-electron chi connectivity index (χ0n) is 18.0. The molecule has 1 heterocycles. The molecule has 3 fully saturated rings. The average molecular weight is 429 g/mol. The van der Waals surface area contributed by atoms with Gasteiger partial charge in [-0.25, -0.2) is 0 Å². The third-order valence-electron chi connectivity index (χ3n) is 9.95. The van der Waals surface area contributed by atoms with E-state index in [9.17, 15) is 0 Å². The van der Waals surface area contributed by atoms with E-state index in [0.717, 1.165) is 23.7 Å². The third kappa shape index (κ3) is 1.71. The first-order valence-corrected chi connectivity index (χ1v) is 13.1. The maximum absolute atomic E-state index is 2.66. The van der Waals surface area contributed by atoms with Gasteiger partial charge in [-0.05, 0) is 101 Å². The lowest BCUT2D eigenvalue weighted by molar-refractivity contribution is 0.222. The van der Waals surface area contributed by atoms with Crippen LogP contribution < -0.4 is 0 Å². The summed E-state index contributed by atoms with van der Waals surface area (Å²) in [6.45, 7) is 0. The van der Waals surface area contributed by atoms with Crippen molar-refractivity contribution in [1.29, 1.82) is 0 Å². The van der Waals surface area contributed by atoms with Gasteiger partial charge in [0.15, 0.2) is 0 Å². The Labute approximate surface area is 191 Å². The summed E-state index contributed by atoms with van der Waals surface area (Å²) in [6.07, 6.45) is 5.81. The van der Waals surface area contributed by atoms with Gasteiger partial charge in [0, 0.05) is 25.6 Å². The van der Waals surface area contributed by atoms with E-state index in [0.29, 0.717) is 0 Å². The second kappa shape index (κ2) is 5.46. The van der Waals surface area contributed by atoms with Crippen LogP contribution >= 0.6 is 11.3 Å². The van der Waals surface area contributed by atoms with Gasteiger partial charge >= 0.3 is 0 Å². The predicted octanol–water partition coefficient (Wildman–Crippen LogP) is 8.54. The lowest BCUT2D eigenvalue weighted by Crippen LogP contribution is -2.39. The van der Waals surface area contributed by atoms with E-state index in [1.54, 1.807) is 22.3 Å². The monoisotopic (exact) mass is 428 g/mol. The van der Waals surface area contributed by atoms with Gasteiger partial charge in [0.05, 0.1) is 0 Å². The lowest BCUT2D eigenvalue weighted by Gasteiger charge is -2.41. The van der Waals surface area contributed by atoms with Crippen LogP contribution in [0.3, 0.4) is 0 Å². The molecule has 0 saturated heterocycles. The number of fused-ring (bicyclic) bond motifs is 13. The van der Waals surface area contributed by atoms with Gasteiger partial charge in [-0.2, -0.15) is 0 Å². The van der Waals surface area contributed by atoms with E-state index in [2.05, 4.69) is 72.8 Å². The Hall–Kier alpha value is -2.64. The number of hydrogen-bond acceptors (Lipinski definition) is 1. The van der Waals surface area contributed by atoms with E-state index < -0.39 is 0 Å². The Kier molecular flexibility index (Phi) is 2.89. The molecule has 3 unspecified atom stereocenters. The molecule has 0 nitrogen and oxygen atoms in total. The maximum atomic E-state index is 2.66. The Bertz CT molecular complexity index is 1620. The highest BCUT2D eigenvalue weighted by atomic mass is 32.1. The summed E-state index contributed by atoms with van der Waals surface area (Å²) in [6, 6.07) is 28.3. The molecule has 32 heavy (non-hydrogen) atoms. The molecule has 5 aromatic rings. The summed E-state index contributed by atoms with van der Waals surface area (Å²) in [7, 11) is 0. The molecule has 5 atom stereocenters. The number of thiophene rings is 1. The quantitative estimate of drug-likeness (QED) is 0.232. The number of benzene rings is 4. The fraction of sp³-hybridized carbons (Fsp3) is 0.290. The highest BCUT2D eigenvalue weighted by molar-refractivity contribution is 7.25. The molecule has 0 amide bonds. The van der Waals surface area contributed by atoms with Crippen LogP contribution in [0.1, 0.15) is 36.8 Å². The van der Waals surface area contributed by atoms with Gasteiger partial charge in [0.1, 0.15) is 0 Å². The molecule has 3 saturated carbocycles. The molecule has 2 bridgehead atoms. The summed E-state index contributed by atoms with van der Waals surface area (Å²) in [5.41, 5.74) is 6.72. The van der Waals surface area contributed by atoms with Crippen LogP contribution in [-0.4, -0.2) is 0 Å². The van der Waals surface area contributed by atoms with E-state index >= 15 is 0 Å². The van der Waals surface area contributed by atoms with E-state index in [4.69, 9.17) is 0 Å². The maximum Gasteiger partial charge on any atom is 0.0361 e. The molecule has 1 aromatic heterocycles. The summed E-state index contributed by atoms with van der Waals surface area (Å²) in [5, 5.41) is 5.77. The van der Waals surface area contributed by atoms with Gasteiger partial charge in [-0.15, -0.1) is 11.3 Å². The molecule has 1 spiro atoms. The highest BCUT2D eigenvalue weighted by Crippen LogP contribution is 2.74. The normalized spacial score (nSPS) is 31.4. The summed E-state index contributed by atoms with van der Waals surface area (Å²) in [4.78, 5) is 0. The van der Waals surface area contributed by atoms with Crippen LogP contribution in [0, 0.1) is 23.7 Å². The Morgan fingerprint density at radius 2 is 1.59 bits per heavy atom. The van der Waals surface area contributed by atoms with E-state index in [1.165, 1.54) is 56.6 Å². The molecule has 0 aliphatic heterocycles. The second-order valence-corrected chi connectivity index (χ2v) is 11.9. The Morgan fingerprint density at radius 1 is 0.719 bits per heavy atom. The minimum Gasteiger partial charge on any atom is -0.135 e. The SMILES string of the molecule is c1ccc2c3c(ccc2c1)C1(c2cc4c(cc2-3)sc2ccccc24)[C@@H]2CC3CC[C@H]1C3C2. The van der Waals surface area contributed by atoms with Crippen LogP contribution in [0.25, 0.3) is 42.1 Å². The Morgan fingerprint density at radius 3 is 2.56 bits per heavy atom. The second-order valence-electron chi connectivity index (χ2n) is 10.8. The fourth-order valence-corrected chi connectivity index (χ4v) is 10.2. The minimum absolute atomic E-state index is 0.254. The molecular formula is C31H24S. The van der Waals surface area contributed by atoms with Crippen molar-refractivity contribution in [2.24, 2.45) is 23.7 Å². The van der Waals surface area contributed by atoms with Crippen molar-refractivity contribution in [2.45, 2.75) is 31.1 Å². The van der Waals surface area contributed by atoms with Crippen molar-refractivity contribution < 1.29 is 0 Å². The van der Waals surface area contributed by atoms with E-state index in [1.807, 2.05) is 11.3 Å². The first-order valence-electron chi connectivity index (χ1n) is 12.3. The predicted molar refractivity (Wildman–Crippen MR) is 135 cm³/mol. The number of hydrogen-bond donors (Lipinski definition) is 0. The van der Waals surface area contributed by atoms with Gasteiger partial charge in [-0.3, -0.25) is 0 Å². The van der Waals surface area contributed by atoms with Crippen LogP contribution in [0.4, 0.5) is 0 Å². The van der Waals surface area contributed by atoms with Gasteiger partial charge in [0.25, 0.3) is 0 Å². The molecule has 0 N–H and O–H groups in total. The fourth-order valence-electron chi connectivity index (χ4n) is 9.04. The number of rotatable bonds is 0. The van der Waals surface area contributed by atoms with Gasteiger partial charge < -0.3 is 0 Å². The van der Waals surface area contributed by atoms with Crippen LogP contribution in [0.2, 0.25) is 0 Å². The molecule has 0 radical (unpaired) electrons. The summed E-state index contributed by atoms with van der Waals surface area (Å²) >= 11 is 1.97. The standard InChI is InChI=1S/C31H24S/c1-2-6-20-17(5-1)9-12-26-30(20)24-16-29-23(21-7-3-4-8-28(21)32-29)15-27(24)31(26)19-13-18-10-11-25(31)22(18)14-19/h1-9,12,15-16,18-19,22,25H,10-11,13-14H2/t18?,19-,22?,25+,31?/m1/s1. The van der Waals surface area contributed by atoms with Crippen LogP contribution in [0.5, 0.6) is 0 Å². The van der Waals surface area contributed by atoms with Crippen LogP contribution in [0.15, 0.2) is 72.8 Å². The van der Waals surface area contributed by atoms with E-state index in [-0.39, 0.29) is 5.41 Å². The van der Waals surface area contributed by atoms with Crippen molar-refractivity contribution in [2.75, 3.05) is 0 Å². The topological polar surface area (TPSA) is 0 Å². The van der Waals surface area contributed by atoms with Crippen molar-refractivity contribution in [3.63, 3.8) is 0 Å². The van der Waals surface area contributed by atoms with Crippen molar-refractivity contribution in [3.05, 3.63) is 83.9 Å². The molecule has 4 aromatic carbocycles. The molecular weight excluding hydrogens is 404 g/mol. The third-order valence-corrected chi connectivity index (χ3v) is 11.1. The molecule has 154 valence electrons. The molecule has 1 heteroatoms. The smallest absolute Gasteiger partial charge is 0.0361 e. The minimum atomic E-state index is 0.254. The van der Waals surface area contributed by atoms with Crippen molar-refractivity contribution >= 4 is 42.3 Å². The highest BCUT2D eigenvalue weighted by Gasteiger charge is 2.67. The zero-order chi connectivity index (χ0) is 20.6. The lowest BCUT2D eigenvalue weighted by atomic mass is 9.61. The summed E-state index contributed by atoms with van der Waals surface area (Å²) in [5.74, 6) is 3.64. The Balaban J connectivity index is 1.48. The largest absolute Gasteiger partial charge is 0.135 e.